The Morgan fingerprint density at radius 3 is 2.80 bits per heavy atom. The number of nitrogen functional groups attached to an aromatic ring is 1. The van der Waals surface area contributed by atoms with Gasteiger partial charge in [0.15, 0.2) is 0 Å². The van der Waals surface area contributed by atoms with Crippen molar-refractivity contribution in [2.75, 3.05) is 9.26 Å². The van der Waals surface area contributed by atoms with Crippen LogP contribution in [0.4, 0.5) is 11.6 Å². The zero-order valence-corrected chi connectivity index (χ0v) is 7.71. The monoisotopic (exact) mass is 249 g/mol. The summed E-state index contributed by atoms with van der Waals surface area (Å²) in [7, 11) is 0. The van der Waals surface area contributed by atoms with Crippen molar-refractivity contribution in [1.82, 2.24) is 4.98 Å². The van der Waals surface area contributed by atoms with E-state index in [1.54, 1.807) is 0 Å². The third kappa shape index (κ3) is 1.50. The molecular weight excluding hydrogens is 241 g/mol. The Morgan fingerprint density at radius 1 is 1.60 bits per heavy atom. The van der Waals surface area contributed by atoms with E-state index in [2.05, 4.69) is 8.51 Å². The molecule has 0 amide bonds. The topological polar surface area (TPSA) is 50.9 Å². The van der Waals surface area contributed by atoms with Crippen LogP contribution in [0.3, 0.4) is 0 Å². The number of nitrogens with two attached hydrogens (primary N) is 1. The van der Waals surface area contributed by atoms with E-state index in [0.717, 1.165) is 11.4 Å². The molecule has 1 rings (SSSR count). The molecular formula is C6H8IN3. The van der Waals surface area contributed by atoms with Gasteiger partial charge in [-0.15, -0.1) is 0 Å². The second-order valence-electron chi connectivity index (χ2n) is 1.99. The summed E-state index contributed by atoms with van der Waals surface area (Å²) in [6.45, 7) is 1.93. The maximum absolute atomic E-state index is 5.54. The minimum Gasteiger partial charge on any atom is -0.383 e. The second kappa shape index (κ2) is 3.05. The molecule has 0 aromatic carbocycles. The Morgan fingerprint density at radius 2 is 2.30 bits per heavy atom. The molecule has 3 N–H and O–H groups in total. The molecule has 4 heteroatoms. The molecule has 0 fully saturated rings. The summed E-state index contributed by atoms with van der Waals surface area (Å²) in [6, 6.07) is 3.82. The van der Waals surface area contributed by atoms with E-state index in [0.29, 0.717) is 5.82 Å². The Bertz CT molecular complexity index is 236. The van der Waals surface area contributed by atoms with Crippen molar-refractivity contribution in [2.45, 2.75) is 6.92 Å². The summed E-state index contributed by atoms with van der Waals surface area (Å²) in [6.07, 6.45) is 0. The summed E-state index contributed by atoms with van der Waals surface area (Å²) in [5, 5.41) is 0. The van der Waals surface area contributed by atoms with E-state index in [1.807, 2.05) is 41.9 Å². The number of hydrogen-bond acceptors (Lipinski definition) is 3. The molecule has 0 atom stereocenters. The fraction of sp³-hybridized carbons (Fsp3) is 0.167. The molecule has 3 nitrogen and oxygen atoms in total. The van der Waals surface area contributed by atoms with Crippen LogP contribution in [-0.4, -0.2) is 4.98 Å². The van der Waals surface area contributed by atoms with Crippen molar-refractivity contribution in [3.8, 4) is 0 Å². The lowest BCUT2D eigenvalue weighted by Gasteiger charge is -2.00. The lowest BCUT2D eigenvalue weighted by atomic mass is 10.3. The van der Waals surface area contributed by atoms with E-state index in [1.165, 1.54) is 0 Å². The van der Waals surface area contributed by atoms with Crippen LogP contribution in [0.25, 0.3) is 0 Å². The Kier molecular flexibility index (Phi) is 2.31. The Balaban J connectivity index is 3.04. The van der Waals surface area contributed by atoms with E-state index in [4.69, 9.17) is 5.73 Å². The van der Waals surface area contributed by atoms with Gasteiger partial charge in [0.25, 0.3) is 0 Å². The fourth-order valence-electron chi connectivity index (χ4n) is 0.597. The summed E-state index contributed by atoms with van der Waals surface area (Å²) in [5.41, 5.74) is 6.55. The van der Waals surface area contributed by atoms with Crippen molar-refractivity contribution >= 4 is 34.5 Å². The standard InChI is InChI=1S/C6H8IN3/c1-4-2-3-5(10-7)9-6(4)8/h2-3H,1H3,(H3,8,9,10). The lowest BCUT2D eigenvalue weighted by Crippen LogP contribution is -1.95. The molecule has 0 aliphatic carbocycles. The summed E-state index contributed by atoms with van der Waals surface area (Å²) < 4.78 is 2.87. The van der Waals surface area contributed by atoms with Crippen molar-refractivity contribution in [2.24, 2.45) is 0 Å². The maximum Gasteiger partial charge on any atom is 0.137 e. The van der Waals surface area contributed by atoms with Gasteiger partial charge in [0.1, 0.15) is 11.6 Å². The highest BCUT2D eigenvalue weighted by Gasteiger charge is 1.94. The number of pyridine rings is 1. The van der Waals surface area contributed by atoms with Gasteiger partial charge in [-0.1, -0.05) is 6.07 Å². The SMILES string of the molecule is Cc1ccc(NI)nc1N. The van der Waals surface area contributed by atoms with Crippen LogP contribution < -0.4 is 9.26 Å². The zero-order valence-electron chi connectivity index (χ0n) is 5.56. The highest BCUT2D eigenvalue weighted by atomic mass is 127. The van der Waals surface area contributed by atoms with Gasteiger partial charge in [0, 0.05) is 0 Å². The summed E-state index contributed by atoms with van der Waals surface area (Å²) in [5.74, 6) is 1.38. The molecule has 1 aromatic heterocycles. The van der Waals surface area contributed by atoms with Crippen LogP contribution in [0, 0.1) is 6.92 Å². The van der Waals surface area contributed by atoms with E-state index in [-0.39, 0.29) is 0 Å². The molecule has 0 unspecified atom stereocenters. The van der Waals surface area contributed by atoms with Gasteiger partial charge in [-0.3, -0.25) is 0 Å². The van der Waals surface area contributed by atoms with Crippen molar-refractivity contribution in [3.05, 3.63) is 17.7 Å². The first kappa shape index (κ1) is 7.59. The number of halogens is 1. The van der Waals surface area contributed by atoms with E-state index in [9.17, 15) is 0 Å². The lowest BCUT2D eigenvalue weighted by molar-refractivity contribution is 1.29. The number of aromatic nitrogens is 1. The van der Waals surface area contributed by atoms with Crippen LogP contribution in [0.15, 0.2) is 12.1 Å². The zero-order chi connectivity index (χ0) is 7.56. The number of nitrogens with zero attached hydrogens (tertiary/aromatic N) is 1. The van der Waals surface area contributed by atoms with E-state index < -0.39 is 0 Å². The fourth-order valence-corrected chi connectivity index (χ4v) is 0.898. The average Bonchev–Trinajstić information content (AvgIpc) is 1.95. The highest BCUT2D eigenvalue weighted by molar-refractivity contribution is 14.1. The van der Waals surface area contributed by atoms with Gasteiger partial charge < -0.3 is 9.26 Å². The van der Waals surface area contributed by atoms with Crippen molar-refractivity contribution in [3.63, 3.8) is 0 Å². The smallest absolute Gasteiger partial charge is 0.137 e. The number of rotatable bonds is 1. The van der Waals surface area contributed by atoms with E-state index >= 15 is 0 Å². The number of nitrogens with one attached hydrogen (secondary N) is 1. The second-order valence-corrected chi connectivity index (χ2v) is 2.53. The van der Waals surface area contributed by atoms with Crippen LogP contribution in [-0.2, 0) is 0 Å². The Labute approximate surface area is 73.5 Å². The molecule has 1 heterocycles. The normalized spacial score (nSPS) is 9.40. The first-order chi connectivity index (χ1) is 4.74. The van der Waals surface area contributed by atoms with Crippen LogP contribution in [0.1, 0.15) is 5.56 Å². The average molecular weight is 249 g/mol. The molecule has 0 spiro atoms. The van der Waals surface area contributed by atoms with Gasteiger partial charge in [-0.2, -0.15) is 0 Å². The van der Waals surface area contributed by atoms with Crippen LogP contribution >= 0.6 is 22.9 Å². The summed E-state index contributed by atoms with van der Waals surface area (Å²) in [4.78, 5) is 4.05. The van der Waals surface area contributed by atoms with Crippen molar-refractivity contribution in [1.29, 1.82) is 0 Å². The molecule has 0 saturated heterocycles. The highest BCUT2D eigenvalue weighted by Crippen LogP contribution is 2.12. The van der Waals surface area contributed by atoms with Gasteiger partial charge in [0.05, 0.1) is 22.9 Å². The first-order valence-electron chi connectivity index (χ1n) is 2.84. The van der Waals surface area contributed by atoms with Crippen molar-refractivity contribution < 1.29 is 0 Å². The predicted octanol–water partition coefficient (Wildman–Crippen LogP) is 1.73. The molecule has 0 bridgehead atoms. The largest absolute Gasteiger partial charge is 0.383 e. The molecule has 0 saturated carbocycles. The van der Waals surface area contributed by atoms with Crippen LogP contribution in [0.2, 0.25) is 0 Å². The third-order valence-corrected chi connectivity index (χ3v) is 1.79. The Hall–Kier alpha value is -0.520. The number of anilines is 2. The molecule has 54 valence electrons. The predicted molar refractivity (Wildman–Crippen MR) is 51.0 cm³/mol. The van der Waals surface area contributed by atoms with Crippen LogP contribution in [0.5, 0.6) is 0 Å². The molecule has 0 aliphatic rings. The molecule has 0 radical (unpaired) electrons. The number of hydrogen-bond donors (Lipinski definition) is 2. The van der Waals surface area contributed by atoms with Gasteiger partial charge >= 0.3 is 0 Å². The number of aryl methyl sites for hydroxylation is 1. The quantitative estimate of drug-likeness (QED) is 0.588. The first-order valence-corrected chi connectivity index (χ1v) is 3.91. The van der Waals surface area contributed by atoms with Gasteiger partial charge in [-0.25, -0.2) is 4.98 Å². The minimum atomic E-state index is 0.585. The van der Waals surface area contributed by atoms with Gasteiger partial charge in [0.2, 0.25) is 0 Å². The van der Waals surface area contributed by atoms with Gasteiger partial charge in [-0.05, 0) is 18.6 Å². The molecule has 10 heavy (non-hydrogen) atoms. The summed E-state index contributed by atoms with van der Waals surface area (Å²) >= 11 is 2.01. The third-order valence-electron chi connectivity index (χ3n) is 1.23. The molecule has 1 aromatic rings. The minimum absolute atomic E-state index is 0.585. The molecule has 0 aliphatic heterocycles. The maximum atomic E-state index is 5.54.